The number of nitrogens with zero attached hydrogens (tertiary/aromatic N) is 1. The number of carbonyl (C=O) groups is 1. The fourth-order valence-corrected chi connectivity index (χ4v) is 8.13. The smallest absolute Gasteiger partial charge is 0.248 e. The van der Waals surface area contributed by atoms with Gasteiger partial charge in [0.1, 0.15) is 11.4 Å². The highest BCUT2D eigenvalue weighted by Crippen LogP contribution is 2.51. The first-order chi connectivity index (χ1) is 22.9. The van der Waals surface area contributed by atoms with Crippen molar-refractivity contribution in [2.24, 2.45) is 17.8 Å². The number of hydroxylamine groups is 2. The number of amides is 1. The largest absolute Gasteiger partial charge is 0.497 e. The van der Waals surface area contributed by atoms with E-state index in [1.807, 2.05) is 24.3 Å². The van der Waals surface area contributed by atoms with Crippen LogP contribution < -0.4 is 4.74 Å². The van der Waals surface area contributed by atoms with E-state index in [4.69, 9.17) is 27.9 Å². The van der Waals surface area contributed by atoms with Crippen LogP contribution >= 0.6 is 0 Å². The van der Waals surface area contributed by atoms with Gasteiger partial charge in [0.25, 0.3) is 0 Å². The lowest BCUT2D eigenvalue weighted by atomic mass is 9.78. The summed E-state index contributed by atoms with van der Waals surface area (Å²) in [6.07, 6.45) is -1.90. The average molecular weight is 740 g/mol. The molecule has 2 rings (SSSR count). The van der Waals surface area contributed by atoms with Crippen molar-refractivity contribution >= 4 is 22.5 Å². The summed E-state index contributed by atoms with van der Waals surface area (Å²) in [5.41, 5.74) is 0.274. The molecule has 0 aromatic heterocycles. The monoisotopic (exact) mass is 739 g/mol. The zero-order chi connectivity index (χ0) is 38.5. The molecular formula is C38H69NO9Si2. The van der Waals surface area contributed by atoms with Crippen LogP contribution in [0.4, 0.5) is 0 Å². The zero-order valence-corrected chi connectivity index (χ0v) is 35.7. The highest BCUT2D eigenvalue weighted by Gasteiger charge is 2.64. The van der Waals surface area contributed by atoms with Crippen molar-refractivity contribution in [1.82, 2.24) is 5.06 Å². The molecule has 1 fully saturated rings. The second kappa shape index (κ2) is 17.5. The van der Waals surface area contributed by atoms with Crippen LogP contribution in [0, 0.1) is 17.8 Å². The molecule has 10 nitrogen and oxygen atoms in total. The van der Waals surface area contributed by atoms with Crippen molar-refractivity contribution in [3.63, 3.8) is 0 Å². The molecule has 1 unspecified atom stereocenters. The van der Waals surface area contributed by atoms with Gasteiger partial charge in [-0.1, -0.05) is 66.7 Å². The summed E-state index contributed by atoms with van der Waals surface area (Å²) in [4.78, 5) is 17.8. The summed E-state index contributed by atoms with van der Waals surface area (Å²) < 4.78 is 32.2. The minimum Gasteiger partial charge on any atom is -0.497 e. The minimum atomic E-state index is -2.46. The number of ether oxygens (including phenoxy) is 3. The molecule has 288 valence electrons. The average Bonchev–Trinajstić information content (AvgIpc) is 3.71. The molecule has 8 atom stereocenters. The van der Waals surface area contributed by atoms with Gasteiger partial charge in [-0.2, -0.15) is 0 Å². The maximum Gasteiger partial charge on any atom is 0.248 e. The van der Waals surface area contributed by atoms with E-state index in [0.29, 0.717) is 13.2 Å². The van der Waals surface area contributed by atoms with Crippen molar-refractivity contribution in [2.75, 3.05) is 34.5 Å². The first-order valence-corrected chi connectivity index (χ1v) is 23.7. The molecule has 0 spiro atoms. The number of epoxide rings is 1. The Balaban J connectivity index is 2.51. The Morgan fingerprint density at radius 2 is 1.58 bits per heavy atom. The fourth-order valence-electron chi connectivity index (χ4n) is 5.69. The Bertz CT molecular complexity index is 1230. The minimum absolute atomic E-state index is 0.0193. The lowest BCUT2D eigenvalue weighted by molar-refractivity contribution is -0.172. The van der Waals surface area contributed by atoms with Gasteiger partial charge in [0.15, 0.2) is 16.6 Å². The number of aliphatic hydroxyl groups is 2. The van der Waals surface area contributed by atoms with Gasteiger partial charge in [0, 0.05) is 31.4 Å². The third-order valence-electron chi connectivity index (χ3n) is 11.4. The lowest BCUT2D eigenvalue weighted by Gasteiger charge is -2.46. The summed E-state index contributed by atoms with van der Waals surface area (Å²) in [6, 6.07) is 7.82. The van der Waals surface area contributed by atoms with Crippen molar-refractivity contribution in [3.05, 3.63) is 42.5 Å². The summed E-state index contributed by atoms with van der Waals surface area (Å²) >= 11 is 0. The standard InChI is InChI=1S/C38H69NO9Si2/c1-17-29(31(40)22-32(41)39(10)44-12)33(42)30(25-46-49(13,14)36(3,4)5)35(48-50(15,16)37(6,7)8)38(9)34(47-38)26(2)23-45-24-27-18-20-28(43-11)21-19-27/h17-21,26,29-31,33-35,40,42H,1,22-25H2,2-16H3/t26-,29-,30-,31+,33+,34+,35-,38?/m0/s1. The number of hydrogen-bond donors (Lipinski definition) is 2. The predicted molar refractivity (Wildman–Crippen MR) is 204 cm³/mol. The van der Waals surface area contributed by atoms with E-state index >= 15 is 0 Å². The summed E-state index contributed by atoms with van der Waals surface area (Å²) in [7, 11) is -0.236. The Kier molecular flexibility index (Phi) is 15.6. The third kappa shape index (κ3) is 11.2. The highest BCUT2D eigenvalue weighted by molar-refractivity contribution is 6.74. The molecule has 1 aromatic rings. The van der Waals surface area contributed by atoms with Crippen LogP contribution in [-0.4, -0.2) is 102 Å². The number of aliphatic hydroxyl groups excluding tert-OH is 2. The molecule has 50 heavy (non-hydrogen) atoms. The molecule has 1 aliphatic rings. The Hall–Kier alpha value is -1.62. The number of methoxy groups -OCH3 is 1. The van der Waals surface area contributed by atoms with Gasteiger partial charge < -0.3 is 33.3 Å². The molecule has 0 radical (unpaired) electrons. The van der Waals surface area contributed by atoms with Crippen LogP contribution in [0.5, 0.6) is 5.75 Å². The fraction of sp³-hybridized carbons (Fsp3) is 0.763. The van der Waals surface area contributed by atoms with Crippen LogP contribution in [0.1, 0.15) is 67.4 Å². The maximum atomic E-state index is 12.7. The molecule has 1 saturated heterocycles. The number of rotatable bonds is 20. The second-order valence-electron chi connectivity index (χ2n) is 17.2. The quantitative estimate of drug-likeness (QED) is 0.0633. The zero-order valence-electron chi connectivity index (χ0n) is 33.7. The topological polar surface area (TPSA) is 119 Å². The molecular weight excluding hydrogens is 671 g/mol. The van der Waals surface area contributed by atoms with Crippen molar-refractivity contribution in [1.29, 1.82) is 0 Å². The van der Waals surface area contributed by atoms with Crippen LogP contribution in [0.2, 0.25) is 36.3 Å². The second-order valence-corrected chi connectivity index (χ2v) is 26.8. The van der Waals surface area contributed by atoms with E-state index in [1.165, 1.54) is 20.2 Å². The van der Waals surface area contributed by atoms with Crippen molar-refractivity contribution in [2.45, 2.75) is 135 Å². The number of benzene rings is 1. The first kappa shape index (κ1) is 44.5. The van der Waals surface area contributed by atoms with Crippen LogP contribution in [0.25, 0.3) is 0 Å². The Morgan fingerprint density at radius 3 is 2.06 bits per heavy atom. The van der Waals surface area contributed by atoms with Crippen LogP contribution in [0.15, 0.2) is 36.9 Å². The van der Waals surface area contributed by atoms with Gasteiger partial charge in [0.2, 0.25) is 5.91 Å². The van der Waals surface area contributed by atoms with Crippen molar-refractivity contribution in [3.8, 4) is 5.75 Å². The predicted octanol–water partition coefficient (Wildman–Crippen LogP) is 6.97. The molecule has 1 amide bonds. The SMILES string of the molecule is C=C[C@H]([C@@H](O)[C@H](CO[Si](C)(C)C(C)(C)C)[C@H](O[Si](C)(C)C(C)(C)C)C1(C)O[C@@H]1[C@@H](C)COCc1ccc(OC)cc1)[C@H](O)CC(=O)N(C)OC. The summed E-state index contributed by atoms with van der Waals surface area (Å²) in [5, 5.41) is 24.6. The molecule has 12 heteroatoms. The molecule has 1 heterocycles. The van der Waals surface area contributed by atoms with E-state index in [0.717, 1.165) is 16.4 Å². The van der Waals surface area contributed by atoms with E-state index in [2.05, 4.69) is 88.2 Å². The number of hydrogen-bond acceptors (Lipinski definition) is 9. The van der Waals surface area contributed by atoms with Crippen LogP contribution in [0.3, 0.4) is 0 Å². The van der Waals surface area contributed by atoms with E-state index in [9.17, 15) is 15.0 Å². The first-order valence-electron chi connectivity index (χ1n) is 17.9. The lowest BCUT2D eigenvalue weighted by Crippen LogP contribution is -2.57. The van der Waals surface area contributed by atoms with Gasteiger partial charge in [-0.25, -0.2) is 5.06 Å². The Morgan fingerprint density at radius 1 is 1.02 bits per heavy atom. The van der Waals surface area contributed by atoms with Gasteiger partial charge in [-0.05, 0) is 60.9 Å². The highest BCUT2D eigenvalue weighted by atomic mass is 28.4. The van der Waals surface area contributed by atoms with E-state index < -0.39 is 58.3 Å². The number of carbonyl (C=O) groups excluding carboxylic acids is 1. The molecule has 1 aliphatic heterocycles. The van der Waals surface area contributed by atoms with Gasteiger partial charge in [0.05, 0.1) is 58.3 Å². The normalized spacial score (nSPS) is 22.2. The Labute approximate surface area is 305 Å². The summed E-state index contributed by atoms with van der Waals surface area (Å²) in [5.74, 6) is -1.07. The van der Waals surface area contributed by atoms with Gasteiger partial charge >= 0.3 is 0 Å². The molecule has 1 aromatic carbocycles. The molecule has 2 N–H and O–H groups in total. The summed E-state index contributed by atoms with van der Waals surface area (Å²) in [6.45, 7) is 31.1. The molecule has 0 bridgehead atoms. The molecule has 0 aliphatic carbocycles. The van der Waals surface area contributed by atoms with Crippen molar-refractivity contribution < 1.29 is 42.9 Å². The van der Waals surface area contributed by atoms with Gasteiger partial charge in [-0.3, -0.25) is 9.63 Å². The van der Waals surface area contributed by atoms with E-state index in [1.54, 1.807) is 7.11 Å². The van der Waals surface area contributed by atoms with Gasteiger partial charge in [-0.15, -0.1) is 6.58 Å². The third-order valence-corrected chi connectivity index (χ3v) is 20.4. The van der Waals surface area contributed by atoms with Crippen LogP contribution in [-0.2, 0) is 34.6 Å². The van der Waals surface area contributed by atoms with E-state index in [-0.39, 0.29) is 35.1 Å². The molecule has 0 saturated carbocycles. The maximum absolute atomic E-state index is 12.7.